The van der Waals surface area contributed by atoms with E-state index in [-0.39, 0.29) is 17.5 Å². The van der Waals surface area contributed by atoms with Crippen LogP contribution >= 0.6 is 0 Å². The van der Waals surface area contributed by atoms with Gasteiger partial charge in [0.2, 0.25) is 11.8 Å². The first-order valence-electron chi connectivity index (χ1n) is 4.52. The van der Waals surface area contributed by atoms with Gasteiger partial charge in [-0.1, -0.05) is 6.07 Å². The maximum Gasteiger partial charge on any atom is 0.280 e. The van der Waals surface area contributed by atoms with Crippen LogP contribution in [0.1, 0.15) is 6.92 Å². The molecule has 1 N–H and O–H groups in total. The van der Waals surface area contributed by atoms with Gasteiger partial charge in [0, 0.05) is 19.1 Å². The van der Waals surface area contributed by atoms with E-state index < -0.39 is 4.92 Å². The second kappa shape index (κ2) is 3.65. The Bertz CT molecular complexity index is 573. The van der Waals surface area contributed by atoms with Crippen LogP contribution in [0.4, 0.5) is 11.6 Å². The minimum Gasteiger partial charge on any atom is -0.440 e. The molecule has 0 aliphatic heterocycles. The lowest BCUT2D eigenvalue weighted by Crippen LogP contribution is -2.04. The Morgan fingerprint density at radius 3 is 2.88 bits per heavy atom. The van der Waals surface area contributed by atoms with Gasteiger partial charge in [-0.3, -0.25) is 20.2 Å². The second-order valence-corrected chi connectivity index (χ2v) is 3.24. The molecule has 0 atom stereocenters. The monoisotopic (exact) mass is 220 g/mol. The van der Waals surface area contributed by atoms with E-state index in [1.165, 1.54) is 25.1 Å². The van der Waals surface area contributed by atoms with E-state index in [9.17, 15) is 14.9 Å². The van der Waals surface area contributed by atoms with Crippen molar-refractivity contribution in [3.8, 4) is 0 Å². The number of fused-ring (bicyclic) bond motifs is 1. The Kier molecular flexibility index (Phi) is 2.32. The van der Waals surface area contributed by atoms with Gasteiger partial charge >= 0.3 is 0 Å². The molecule has 6 heteroatoms. The third-order valence-corrected chi connectivity index (χ3v) is 2.03. The molecule has 0 spiro atoms. The molecular weight excluding hydrogens is 212 g/mol. The summed E-state index contributed by atoms with van der Waals surface area (Å²) in [4.78, 5) is 21.0. The van der Waals surface area contributed by atoms with Crippen molar-refractivity contribution in [2.75, 3.05) is 5.32 Å². The van der Waals surface area contributed by atoms with Crippen LogP contribution in [0.3, 0.4) is 0 Å². The largest absolute Gasteiger partial charge is 0.440 e. The molecule has 0 radical (unpaired) electrons. The molecule has 1 amide bonds. The number of furan rings is 1. The van der Waals surface area contributed by atoms with Crippen LogP contribution < -0.4 is 5.32 Å². The zero-order valence-electron chi connectivity index (χ0n) is 8.39. The topological polar surface area (TPSA) is 85.4 Å². The highest BCUT2D eigenvalue weighted by Gasteiger charge is 2.15. The molecule has 82 valence electrons. The number of nitro groups is 1. The Labute approximate surface area is 90.0 Å². The Morgan fingerprint density at radius 1 is 1.50 bits per heavy atom. The van der Waals surface area contributed by atoms with E-state index in [1.807, 2.05) is 0 Å². The summed E-state index contributed by atoms with van der Waals surface area (Å²) in [5.74, 6) is -0.0847. The molecule has 1 aromatic heterocycles. The summed E-state index contributed by atoms with van der Waals surface area (Å²) in [7, 11) is 0. The van der Waals surface area contributed by atoms with Gasteiger partial charge in [-0.05, 0) is 6.07 Å². The summed E-state index contributed by atoms with van der Waals surface area (Å²) >= 11 is 0. The lowest BCUT2D eigenvalue weighted by Gasteiger charge is -1.92. The van der Waals surface area contributed by atoms with E-state index in [0.717, 1.165) is 0 Å². The molecule has 2 aromatic rings. The lowest BCUT2D eigenvalue weighted by atomic mass is 10.2. The average molecular weight is 220 g/mol. The number of nitrogens with one attached hydrogen (secondary N) is 1. The number of nitrogens with zero attached hydrogens (tertiary/aromatic N) is 1. The highest BCUT2D eigenvalue weighted by Crippen LogP contribution is 2.30. The maximum absolute atomic E-state index is 10.8. The van der Waals surface area contributed by atoms with Gasteiger partial charge in [-0.15, -0.1) is 0 Å². The number of non-ortho nitro benzene ring substituents is 1. The zero-order chi connectivity index (χ0) is 11.7. The lowest BCUT2D eigenvalue weighted by molar-refractivity contribution is -0.383. The Hall–Kier alpha value is -2.37. The van der Waals surface area contributed by atoms with Gasteiger partial charge in [0.05, 0.1) is 4.92 Å². The molecule has 0 fully saturated rings. The molecule has 6 nitrogen and oxygen atoms in total. The van der Waals surface area contributed by atoms with Crippen molar-refractivity contribution in [3.63, 3.8) is 0 Å². The molecule has 0 unspecified atom stereocenters. The average Bonchev–Trinajstić information content (AvgIpc) is 2.57. The van der Waals surface area contributed by atoms with Gasteiger partial charge in [0.15, 0.2) is 0 Å². The van der Waals surface area contributed by atoms with Crippen LogP contribution in [0.25, 0.3) is 11.0 Å². The normalized spacial score (nSPS) is 10.3. The fourth-order valence-corrected chi connectivity index (χ4v) is 1.44. The van der Waals surface area contributed by atoms with Crippen LogP contribution in [0.2, 0.25) is 0 Å². The van der Waals surface area contributed by atoms with Gasteiger partial charge in [-0.2, -0.15) is 0 Å². The summed E-state index contributed by atoms with van der Waals surface area (Å²) in [6, 6.07) is 5.96. The molecule has 0 aliphatic rings. The third kappa shape index (κ3) is 1.72. The number of rotatable bonds is 2. The number of carbonyl (C=O) groups excluding carboxylic acids is 1. The number of hydrogen-bond donors (Lipinski definition) is 1. The van der Waals surface area contributed by atoms with Crippen LogP contribution in [-0.2, 0) is 4.79 Å². The van der Waals surface area contributed by atoms with Crippen molar-refractivity contribution >= 4 is 28.4 Å². The molecule has 0 saturated heterocycles. The molecule has 0 bridgehead atoms. The van der Waals surface area contributed by atoms with E-state index in [4.69, 9.17) is 4.42 Å². The van der Waals surface area contributed by atoms with E-state index in [1.54, 1.807) is 6.07 Å². The Morgan fingerprint density at radius 2 is 2.25 bits per heavy atom. The standard InChI is InChI=1S/C10H8N2O4/c1-6(13)11-10-5-7-8(12(14)15)3-2-4-9(7)16-10/h2-5H,1H3,(H,11,13). The van der Waals surface area contributed by atoms with Crippen molar-refractivity contribution in [2.24, 2.45) is 0 Å². The fraction of sp³-hybridized carbons (Fsp3) is 0.100. The molecule has 2 rings (SSSR count). The predicted molar refractivity (Wildman–Crippen MR) is 57.2 cm³/mol. The minimum absolute atomic E-state index is 0.0437. The molecule has 0 aliphatic carbocycles. The van der Waals surface area contributed by atoms with Gasteiger partial charge < -0.3 is 4.42 Å². The van der Waals surface area contributed by atoms with Crippen molar-refractivity contribution < 1.29 is 14.1 Å². The second-order valence-electron chi connectivity index (χ2n) is 3.24. The van der Waals surface area contributed by atoms with Crippen LogP contribution in [0, 0.1) is 10.1 Å². The fourth-order valence-electron chi connectivity index (χ4n) is 1.44. The summed E-state index contributed by atoms with van der Waals surface area (Å²) in [5.41, 5.74) is 0.329. The van der Waals surface area contributed by atoms with E-state index >= 15 is 0 Å². The first-order valence-corrected chi connectivity index (χ1v) is 4.52. The summed E-state index contributed by atoms with van der Waals surface area (Å²) in [6.45, 7) is 1.33. The molecule has 1 heterocycles. The smallest absolute Gasteiger partial charge is 0.280 e. The molecule has 0 saturated carbocycles. The van der Waals surface area contributed by atoms with Gasteiger partial charge in [-0.25, -0.2) is 0 Å². The number of amides is 1. The zero-order valence-corrected chi connectivity index (χ0v) is 8.39. The minimum atomic E-state index is -0.491. The van der Waals surface area contributed by atoms with Crippen LogP contribution in [-0.4, -0.2) is 10.8 Å². The molecular formula is C10H8N2O4. The number of nitro benzene ring substituents is 1. The molecule has 16 heavy (non-hydrogen) atoms. The first kappa shape index (κ1) is 10.2. The van der Waals surface area contributed by atoms with E-state index in [0.29, 0.717) is 11.0 Å². The van der Waals surface area contributed by atoms with Gasteiger partial charge in [0.1, 0.15) is 11.0 Å². The summed E-state index contributed by atoms with van der Waals surface area (Å²) in [5, 5.41) is 13.5. The number of hydrogen-bond acceptors (Lipinski definition) is 4. The number of benzene rings is 1. The number of carbonyl (C=O) groups is 1. The summed E-state index contributed by atoms with van der Waals surface area (Å²) < 4.78 is 5.23. The van der Waals surface area contributed by atoms with E-state index in [2.05, 4.69) is 5.32 Å². The first-order chi connectivity index (χ1) is 7.58. The third-order valence-electron chi connectivity index (χ3n) is 2.03. The SMILES string of the molecule is CC(=O)Nc1cc2c([N+](=O)[O-])cccc2o1. The predicted octanol–water partition coefficient (Wildman–Crippen LogP) is 2.30. The quantitative estimate of drug-likeness (QED) is 0.621. The number of anilines is 1. The molecule has 1 aromatic carbocycles. The van der Waals surface area contributed by atoms with Gasteiger partial charge in [0.25, 0.3) is 5.69 Å². The van der Waals surface area contributed by atoms with Crippen molar-refractivity contribution in [3.05, 3.63) is 34.4 Å². The van der Waals surface area contributed by atoms with Crippen molar-refractivity contribution in [1.29, 1.82) is 0 Å². The van der Waals surface area contributed by atoms with Crippen LogP contribution in [0.15, 0.2) is 28.7 Å². The Balaban J connectivity index is 2.56. The van der Waals surface area contributed by atoms with Crippen LogP contribution in [0.5, 0.6) is 0 Å². The summed E-state index contributed by atoms with van der Waals surface area (Å²) in [6.07, 6.45) is 0. The van der Waals surface area contributed by atoms with Crippen molar-refractivity contribution in [1.82, 2.24) is 0 Å². The van der Waals surface area contributed by atoms with Crippen molar-refractivity contribution in [2.45, 2.75) is 6.92 Å². The highest BCUT2D eigenvalue weighted by atomic mass is 16.6. The maximum atomic E-state index is 10.8. The highest BCUT2D eigenvalue weighted by molar-refractivity contribution is 5.94.